The van der Waals surface area contributed by atoms with E-state index in [1.165, 1.54) is 27.6 Å². The molecular formula is C34H41Cl2N7O5. The van der Waals surface area contributed by atoms with Gasteiger partial charge in [-0.1, -0.05) is 35.3 Å². The van der Waals surface area contributed by atoms with E-state index in [1.54, 1.807) is 26.2 Å². The third-order valence-electron chi connectivity index (χ3n) is 7.61. The van der Waals surface area contributed by atoms with Crippen LogP contribution in [-0.4, -0.2) is 68.8 Å². The Labute approximate surface area is 289 Å². The highest BCUT2D eigenvalue weighted by atomic mass is 35.5. The SMILES string of the molecule is Clc1cccc(OC2CCNCC2)c1.Cn1nc(CC(=O)N2CCC(Oc3cccc(Cl)c3)CC2)ccc1=O.Cn1nc(N)ccc1=O. The third kappa shape index (κ3) is 12.0. The number of nitrogens with one attached hydrogen (secondary N) is 1. The third-order valence-corrected chi connectivity index (χ3v) is 8.08. The number of hydrogen-bond acceptors (Lipinski definition) is 9. The van der Waals surface area contributed by atoms with Gasteiger partial charge in [0, 0.05) is 62.2 Å². The number of carbonyl (C=O) groups excluding carboxylic acids is 1. The van der Waals surface area contributed by atoms with Crippen molar-refractivity contribution in [1.82, 2.24) is 29.8 Å². The maximum Gasteiger partial charge on any atom is 0.266 e. The summed E-state index contributed by atoms with van der Waals surface area (Å²) in [6, 6.07) is 20.8. The number of ether oxygens (including phenoxy) is 2. The van der Waals surface area contributed by atoms with Crippen molar-refractivity contribution in [1.29, 1.82) is 0 Å². The second-order valence-electron chi connectivity index (χ2n) is 11.4. The average Bonchev–Trinajstić information content (AvgIpc) is 3.06. The molecule has 0 radical (unpaired) electrons. The van der Waals surface area contributed by atoms with Gasteiger partial charge in [0.05, 0.1) is 12.1 Å². The fourth-order valence-electron chi connectivity index (χ4n) is 5.03. The Morgan fingerprint density at radius 1 is 0.792 bits per heavy atom. The zero-order valence-corrected chi connectivity index (χ0v) is 28.6. The highest BCUT2D eigenvalue weighted by Gasteiger charge is 2.24. The van der Waals surface area contributed by atoms with Gasteiger partial charge in [0.15, 0.2) is 0 Å². The summed E-state index contributed by atoms with van der Waals surface area (Å²) in [5.74, 6) is 2.01. The van der Waals surface area contributed by atoms with E-state index >= 15 is 0 Å². The number of carbonyl (C=O) groups is 1. The van der Waals surface area contributed by atoms with Gasteiger partial charge in [-0.05, 0) is 74.5 Å². The lowest BCUT2D eigenvalue weighted by Crippen LogP contribution is -2.42. The molecule has 3 N–H and O–H groups in total. The molecule has 2 fully saturated rings. The number of aromatic nitrogens is 4. The molecule has 0 bridgehead atoms. The molecule has 1 amide bonds. The Hall–Kier alpha value is -4.39. The molecule has 2 aliphatic rings. The molecule has 0 aliphatic carbocycles. The smallest absolute Gasteiger partial charge is 0.266 e. The lowest BCUT2D eigenvalue weighted by molar-refractivity contribution is -0.132. The van der Waals surface area contributed by atoms with E-state index in [0.29, 0.717) is 35.7 Å². The largest absolute Gasteiger partial charge is 0.490 e. The van der Waals surface area contributed by atoms with E-state index in [9.17, 15) is 14.4 Å². The van der Waals surface area contributed by atoms with E-state index < -0.39 is 0 Å². The van der Waals surface area contributed by atoms with Crippen molar-refractivity contribution in [2.45, 2.75) is 44.3 Å². The summed E-state index contributed by atoms with van der Waals surface area (Å²) in [5.41, 5.74) is 5.52. The molecule has 0 saturated carbocycles. The highest BCUT2D eigenvalue weighted by Crippen LogP contribution is 2.23. The van der Waals surface area contributed by atoms with Gasteiger partial charge in [-0.2, -0.15) is 10.2 Å². The zero-order chi connectivity index (χ0) is 34.5. The summed E-state index contributed by atoms with van der Waals surface area (Å²) in [7, 11) is 3.13. The van der Waals surface area contributed by atoms with Crippen LogP contribution in [0.5, 0.6) is 11.5 Å². The van der Waals surface area contributed by atoms with Crippen molar-refractivity contribution < 1.29 is 14.3 Å². The Morgan fingerprint density at radius 2 is 1.31 bits per heavy atom. The summed E-state index contributed by atoms with van der Waals surface area (Å²) < 4.78 is 14.2. The van der Waals surface area contributed by atoms with Crippen molar-refractivity contribution in [3.63, 3.8) is 0 Å². The Kier molecular flexibility index (Phi) is 13.8. The molecule has 14 heteroatoms. The van der Waals surface area contributed by atoms with Crippen LogP contribution in [0.1, 0.15) is 31.4 Å². The molecule has 48 heavy (non-hydrogen) atoms. The quantitative estimate of drug-likeness (QED) is 0.306. The number of likely N-dealkylation sites (tertiary alicyclic amines) is 1. The number of hydrogen-bond donors (Lipinski definition) is 2. The molecule has 2 aromatic carbocycles. The summed E-state index contributed by atoms with van der Waals surface area (Å²) in [4.78, 5) is 36.2. The van der Waals surface area contributed by atoms with Gasteiger partial charge in [0.1, 0.15) is 29.5 Å². The Morgan fingerprint density at radius 3 is 1.81 bits per heavy atom. The van der Waals surface area contributed by atoms with Gasteiger partial charge in [-0.3, -0.25) is 14.4 Å². The van der Waals surface area contributed by atoms with Crippen LogP contribution in [-0.2, 0) is 25.3 Å². The van der Waals surface area contributed by atoms with Gasteiger partial charge in [0.2, 0.25) is 5.91 Å². The topological polar surface area (TPSA) is 147 Å². The number of rotatable bonds is 6. The van der Waals surface area contributed by atoms with Crippen molar-refractivity contribution in [3.8, 4) is 11.5 Å². The molecule has 256 valence electrons. The van der Waals surface area contributed by atoms with E-state index in [0.717, 1.165) is 55.3 Å². The van der Waals surface area contributed by atoms with E-state index in [2.05, 4.69) is 15.5 Å². The number of piperidine rings is 2. The maximum absolute atomic E-state index is 12.4. The van der Waals surface area contributed by atoms with Crippen molar-refractivity contribution in [2.75, 3.05) is 31.9 Å². The number of nitrogen functional groups attached to an aromatic ring is 1. The molecule has 4 heterocycles. The maximum atomic E-state index is 12.4. The Bertz CT molecular complexity index is 1750. The molecule has 0 atom stereocenters. The lowest BCUT2D eigenvalue weighted by Gasteiger charge is -2.32. The number of halogens is 2. The van der Waals surface area contributed by atoms with Crippen LogP contribution < -0.4 is 31.6 Å². The predicted molar refractivity (Wildman–Crippen MR) is 187 cm³/mol. The summed E-state index contributed by atoms with van der Waals surface area (Å²) in [5, 5.41) is 12.4. The number of anilines is 1. The first-order valence-corrected chi connectivity index (χ1v) is 16.5. The zero-order valence-electron chi connectivity index (χ0n) is 27.1. The number of amides is 1. The molecule has 2 aliphatic heterocycles. The second-order valence-corrected chi connectivity index (χ2v) is 12.2. The van der Waals surface area contributed by atoms with Crippen LogP contribution in [0.15, 0.2) is 82.4 Å². The van der Waals surface area contributed by atoms with Gasteiger partial charge in [-0.25, -0.2) is 9.36 Å². The molecular weight excluding hydrogens is 657 g/mol. The van der Waals surface area contributed by atoms with Crippen molar-refractivity contribution in [2.24, 2.45) is 14.1 Å². The monoisotopic (exact) mass is 697 g/mol. The van der Waals surface area contributed by atoms with Gasteiger partial charge >= 0.3 is 0 Å². The first kappa shape index (κ1) is 36.4. The van der Waals surface area contributed by atoms with Crippen LogP contribution in [0.25, 0.3) is 0 Å². The number of nitrogens with two attached hydrogens (primary N) is 1. The molecule has 4 aromatic rings. The van der Waals surface area contributed by atoms with Crippen molar-refractivity contribution in [3.05, 3.63) is 109 Å². The van der Waals surface area contributed by atoms with Gasteiger partial charge < -0.3 is 25.4 Å². The summed E-state index contributed by atoms with van der Waals surface area (Å²) >= 11 is 11.8. The summed E-state index contributed by atoms with van der Waals surface area (Å²) in [6.45, 7) is 3.39. The normalized spacial score (nSPS) is 15.0. The molecule has 0 spiro atoms. The lowest BCUT2D eigenvalue weighted by atomic mass is 10.1. The first-order valence-electron chi connectivity index (χ1n) is 15.7. The standard InChI is InChI=1S/C18H20ClN3O3.C11H14ClNO.C5H7N3O/c1-21-17(23)6-5-14(20-21)12-18(24)22-9-7-15(8-10-22)25-16-4-2-3-13(19)11-16;12-9-2-1-3-11(8-9)14-10-4-6-13-7-5-10;1-8-5(9)3-2-4(6)7-8/h2-6,11,15H,7-10,12H2,1H3;1-3,8,10,13H,4-7H2;2-3H,1H3,(H2,6,7). The summed E-state index contributed by atoms with van der Waals surface area (Å²) in [6.07, 6.45) is 4.33. The van der Waals surface area contributed by atoms with Crippen LogP contribution >= 0.6 is 23.2 Å². The van der Waals surface area contributed by atoms with Crippen LogP contribution in [0, 0.1) is 0 Å². The Balaban J connectivity index is 0.000000188. The van der Waals surface area contributed by atoms with E-state index in [1.807, 2.05) is 47.4 Å². The molecule has 0 unspecified atom stereocenters. The molecule has 6 rings (SSSR count). The first-order chi connectivity index (χ1) is 23.0. The van der Waals surface area contributed by atoms with Crippen LogP contribution in [0.3, 0.4) is 0 Å². The van der Waals surface area contributed by atoms with Gasteiger partial charge in [0.25, 0.3) is 11.1 Å². The minimum atomic E-state index is -0.185. The second kappa shape index (κ2) is 18.2. The number of benzene rings is 2. The predicted octanol–water partition coefficient (Wildman–Crippen LogP) is 3.88. The number of aryl methyl sites for hydroxylation is 2. The minimum absolute atomic E-state index is 0.0207. The fourth-order valence-corrected chi connectivity index (χ4v) is 5.39. The highest BCUT2D eigenvalue weighted by molar-refractivity contribution is 6.31. The molecule has 2 saturated heterocycles. The average molecular weight is 699 g/mol. The van der Waals surface area contributed by atoms with E-state index in [-0.39, 0.29) is 29.6 Å². The van der Waals surface area contributed by atoms with E-state index in [4.69, 9.17) is 38.4 Å². The minimum Gasteiger partial charge on any atom is -0.490 e. The molecule has 2 aromatic heterocycles. The van der Waals surface area contributed by atoms with Gasteiger partial charge in [-0.15, -0.1) is 0 Å². The molecule has 12 nitrogen and oxygen atoms in total. The van der Waals surface area contributed by atoms with Crippen LogP contribution in [0.2, 0.25) is 10.0 Å². The van der Waals surface area contributed by atoms with Crippen molar-refractivity contribution >= 4 is 34.9 Å². The fraction of sp³-hybridized carbons (Fsp3) is 0.382. The number of nitrogens with zero attached hydrogens (tertiary/aromatic N) is 5. The van der Waals surface area contributed by atoms with Crippen LogP contribution in [0.4, 0.5) is 5.82 Å².